The van der Waals surface area contributed by atoms with Gasteiger partial charge in [-0.15, -0.1) is 12.3 Å². The third kappa shape index (κ3) is 4.29. The van der Waals surface area contributed by atoms with Crippen LogP contribution < -0.4 is 10.6 Å². The summed E-state index contributed by atoms with van der Waals surface area (Å²) in [4.78, 5) is 11.1. The van der Waals surface area contributed by atoms with Gasteiger partial charge in [0.15, 0.2) is 0 Å². The van der Waals surface area contributed by atoms with Crippen molar-refractivity contribution in [1.82, 2.24) is 10.6 Å². The van der Waals surface area contributed by atoms with Crippen LogP contribution in [-0.4, -0.2) is 25.0 Å². The molecule has 1 fully saturated rings. The molecular weight excluding hydrogens is 176 g/mol. The number of amides is 1. The number of hydrogen-bond donors (Lipinski definition) is 2. The topological polar surface area (TPSA) is 41.1 Å². The Morgan fingerprint density at radius 1 is 1.64 bits per heavy atom. The zero-order valence-corrected chi connectivity index (χ0v) is 8.51. The van der Waals surface area contributed by atoms with Crippen LogP contribution >= 0.6 is 0 Å². The molecule has 1 unspecified atom stereocenters. The summed E-state index contributed by atoms with van der Waals surface area (Å²) in [5.41, 5.74) is 0. The predicted octanol–water partition coefficient (Wildman–Crippen LogP) is 0.658. The second-order valence-corrected chi connectivity index (χ2v) is 3.64. The first kappa shape index (κ1) is 11.1. The first-order valence-electron chi connectivity index (χ1n) is 5.26. The number of carbonyl (C=O) groups is 1. The van der Waals surface area contributed by atoms with Crippen molar-refractivity contribution in [3.8, 4) is 12.3 Å². The van der Waals surface area contributed by atoms with E-state index in [1.54, 1.807) is 0 Å². The van der Waals surface area contributed by atoms with E-state index in [1.807, 2.05) is 0 Å². The summed E-state index contributed by atoms with van der Waals surface area (Å²) in [5, 5.41) is 6.26. The Kier molecular flexibility index (Phi) is 5.09. The molecule has 1 atom stereocenters. The molecule has 0 aromatic carbocycles. The summed E-state index contributed by atoms with van der Waals surface area (Å²) in [5.74, 6) is 2.53. The van der Waals surface area contributed by atoms with Gasteiger partial charge in [-0.25, -0.2) is 0 Å². The van der Waals surface area contributed by atoms with E-state index in [0.717, 1.165) is 19.5 Å². The van der Waals surface area contributed by atoms with Crippen molar-refractivity contribution < 1.29 is 4.79 Å². The molecule has 0 radical (unpaired) electrons. The molecule has 1 heterocycles. The van der Waals surface area contributed by atoms with Gasteiger partial charge in [0.25, 0.3) is 0 Å². The van der Waals surface area contributed by atoms with E-state index in [4.69, 9.17) is 6.42 Å². The lowest BCUT2D eigenvalue weighted by atomic mass is 10.1. The van der Waals surface area contributed by atoms with E-state index < -0.39 is 0 Å². The molecule has 3 heteroatoms. The lowest BCUT2D eigenvalue weighted by Gasteiger charge is -2.10. The molecule has 0 saturated carbocycles. The molecular formula is C11H18N2O. The van der Waals surface area contributed by atoms with Crippen LogP contribution in [0.3, 0.4) is 0 Å². The highest BCUT2D eigenvalue weighted by atomic mass is 16.1. The highest BCUT2D eigenvalue weighted by Crippen LogP contribution is 2.07. The fourth-order valence-electron chi connectivity index (χ4n) is 1.66. The van der Waals surface area contributed by atoms with E-state index in [2.05, 4.69) is 16.6 Å². The molecule has 0 bridgehead atoms. The van der Waals surface area contributed by atoms with Gasteiger partial charge in [-0.2, -0.15) is 0 Å². The highest BCUT2D eigenvalue weighted by molar-refractivity contribution is 5.76. The Labute approximate surface area is 85.6 Å². The molecule has 2 N–H and O–H groups in total. The van der Waals surface area contributed by atoms with Crippen molar-refractivity contribution >= 4 is 5.91 Å². The minimum absolute atomic E-state index is 0.0703. The standard InChI is InChI=1S/C11H18N2O/c1-2-3-6-11(14)13-9-7-10-5-4-8-12-10/h1,10,12H,3-9H2,(H,13,14). The Hall–Kier alpha value is -1.01. The summed E-state index contributed by atoms with van der Waals surface area (Å²) in [6, 6.07) is 0.600. The minimum atomic E-state index is 0.0703. The number of hydrogen-bond acceptors (Lipinski definition) is 2. The highest BCUT2D eigenvalue weighted by Gasteiger charge is 2.13. The van der Waals surface area contributed by atoms with Crippen LogP contribution in [0.4, 0.5) is 0 Å². The van der Waals surface area contributed by atoms with Crippen LogP contribution in [0.5, 0.6) is 0 Å². The third-order valence-electron chi connectivity index (χ3n) is 2.47. The van der Waals surface area contributed by atoms with Crippen molar-refractivity contribution in [2.45, 2.75) is 38.1 Å². The maximum atomic E-state index is 11.1. The second-order valence-electron chi connectivity index (χ2n) is 3.64. The molecule has 1 aliphatic heterocycles. The monoisotopic (exact) mass is 194 g/mol. The normalized spacial score (nSPS) is 20.4. The maximum Gasteiger partial charge on any atom is 0.220 e. The van der Waals surface area contributed by atoms with Gasteiger partial charge in [0.05, 0.1) is 0 Å². The summed E-state index contributed by atoms with van der Waals surface area (Å²) in [6.45, 7) is 1.89. The Morgan fingerprint density at radius 2 is 2.50 bits per heavy atom. The lowest BCUT2D eigenvalue weighted by Crippen LogP contribution is -2.30. The Bertz CT molecular complexity index is 214. The minimum Gasteiger partial charge on any atom is -0.356 e. The Morgan fingerprint density at radius 3 is 3.14 bits per heavy atom. The van der Waals surface area contributed by atoms with Crippen LogP contribution in [-0.2, 0) is 4.79 Å². The van der Waals surface area contributed by atoms with Gasteiger partial charge in [0, 0.05) is 25.4 Å². The lowest BCUT2D eigenvalue weighted by molar-refractivity contribution is -0.120. The van der Waals surface area contributed by atoms with Gasteiger partial charge in [0.2, 0.25) is 5.91 Å². The molecule has 0 aliphatic carbocycles. The van der Waals surface area contributed by atoms with E-state index >= 15 is 0 Å². The number of carbonyl (C=O) groups excluding carboxylic acids is 1. The largest absolute Gasteiger partial charge is 0.356 e. The average Bonchev–Trinajstić information content (AvgIpc) is 2.67. The zero-order chi connectivity index (χ0) is 10.2. The molecule has 3 nitrogen and oxygen atoms in total. The van der Waals surface area contributed by atoms with Gasteiger partial charge in [0.1, 0.15) is 0 Å². The van der Waals surface area contributed by atoms with Crippen molar-refractivity contribution in [2.24, 2.45) is 0 Å². The molecule has 1 aliphatic rings. The second kappa shape index (κ2) is 6.44. The molecule has 1 saturated heterocycles. The molecule has 0 aromatic rings. The smallest absolute Gasteiger partial charge is 0.220 e. The van der Waals surface area contributed by atoms with Crippen molar-refractivity contribution in [2.75, 3.05) is 13.1 Å². The van der Waals surface area contributed by atoms with Gasteiger partial charge in [-0.1, -0.05) is 0 Å². The first-order chi connectivity index (χ1) is 6.83. The van der Waals surface area contributed by atoms with E-state index in [9.17, 15) is 4.79 Å². The third-order valence-corrected chi connectivity index (χ3v) is 2.47. The van der Waals surface area contributed by atoms with Gasteiger partial charge >= 0.3 is 0 Å². The molecule has 14 heavy (non-hydrogen) atoms. The number of rotatable bonds is 5. The van der Waals surface area contributed by atoms with E-state index in [0.29, 0.717) is 18.9 Å². The summed E-state index contributed by atoms with van der Waals surface area (Å²) in [7, 11) is 0. The number of terminal acetylenes is 1. The molecule has 1 rings (SSSR count). The van der Waals surface area contributed by atoms with Gasteiger partial charge in [-0.3, -0.25) is 4.79 Å². The van der Waals surface area contributed by atoms with Crippen LogP contribution in [0.25, 0.3) is 0 Å². The maximum absolute atomic E-state index is 11.1. The fourth-order valence-corrected chi connectivity index (χ4v) is 1.66. The SMILES string of the molecule is C#CCCC(=O)NCCC1CCCN1. The van der Waals surface area contributed by atoms with E-state index in [1.165, 1.54) is 12.8 Å². The number of nitrogens with one attached hydrogen (secondary N) is 2. The molecule has 0 spiro atoms. The fraction of sp³-hybridized carbons (Fsp3) is 0.727. The van der Waals surface area contributed by atoms with Crippen LogP contribution in [0.15, 0.2) is 0 Å². The van der Waals surface area contributed by atoms with Crippen LogP contribution in [0.1, 0.15) is 32.1 Å². The molecule has 1 amide bonds. The van der Waals surface area contributed by atoms with Crippen molar-refractivity contribution in [3.05, 3.63) is 0 Å². The van der Waals surface area contributed by atoms with Gasteiger partial charge in [-0.05, 0) is 25.8 Å². The van der Waals surface area contributed by atoms with E-state index in [-0.39, 0.29) is 5.91 Å². The summed E-state index contributed by atoms with van der Waals surface area (Å²) < 4.78 is 0. The average molecular weight is 194 g/mol. The molecule has 78 valence electrons. The summed E-state index contributed by atoms with van der Waals surface area (Å²) >= 11 is 0. The zero-order valence-electron chi connectivity index (χ0n) is 8.51. The first-order valence-corrected chi connectivity index (χ1v) is 5.26. The Balaban J connectivity index is 1.97. The van der Waals surface area contributed by atoms with Crippen molar-refractivity contribution in [3.63, 3.8) is 0 Å². The van der Waals surface area contributed by atoms with Crippen LogP contribution in [0, 0.1) is 12.3 Å². The quantitative estimate of drug-likeness (QED) is 0.631. The summed E-state index contributed by atoms with van der Waals surface area (Å²) in [6.07, 6.45) is 9.58. The van der Waals surface area contributed by atoms with Crippen LogP contribution in [0.2, 0.25) is 0 Å². The van der Waals surface area contributed by atoms with Crippen molar-refractivity contribution in [1.29, 1.82) is 0 Å². The predicted molar refractivity (Wildman–Crippen MR) is 56.7 cm³/mol. The van der Waals surface area contributed by atoms with Gasteiger partial charge < -0.3 is 10.6 Å². The molecule has 0 aromatic heterocycles.